The van der Waals surface area contributed by atoms with Crippen molar-refractivity contribution in [1.82, 2.24) is 5.32 Å². The fourth-order valence-corrected chi connectivity index (χ4v) is 4.48. The van der Waals surface area contributed by atoms with Crippen LogP contribution in [0.2, 0.25) is 0 Å². The highest BCUT2D eigenvalue weighted by atomic mass is 16.2. The maximum Gasteiger partial charge on any atom is 0.227 e. The highest BCUT2D eigenvalue weighted by Crippen LogP contribution is 2.26. The Morgan fingerprint density at radius 1 is 0.893 bits per heavy atom. The van der Waals surface area contributed by atoms with Gasteiger partial charge in [0.1, 0.15) is 0 Å². The summed E-state index contributed by atoms with van der Waals surface area (Å²) in [7, 11) is 0. The number of hydrogen-bond donors (Lipinski definition) is 1. The van der Waals surface area contributed by atoms with Gasteiger partial charge in [-0.25, -0.2) is 0 Å². The molecule has 1 aliphatic heterocycles. The molecule has 0 aromatic heterocycles. The Kier molecular flexibility index (Phi) is 7.93. The van der Waals surface area contributed by atoms with Crippen molar-refractivity contribution < 1.29 is 9.59 Å². The zero-order valence-corrected chi connectivity index (χ0v) is 17.4. The summed E-state index contributed by atoms with van der Waals surface area (Å²) in [5.41, 5.74) is 2.07. The number of carbonyl (C=O) groups is 2. The van der Waals surface area contributed by atoms with Gasteiger partial charge in [0.25, 0.3) is 0 Å². The maximum absolute atomic E-state index is 12.9. The number of hydrogen-bond acceptors (Lipinski definition) is 2. The summed E-state index contributed by atoms with van der Waals surface area (Å²) < 4.78 is 0. The number of nitrogens with one attached hydrogen (secondary N) is 1. The van der Waals surface area contributed by atoms with Crippen molar-refractivity contribution in [1.29, 1.82) is 0 Å². The van der Waals surface area contributed by atoms with E-state index in [0.29, 0.717) is 13.0 Å². The normalized spacial score (nSPS) is 23.1. The molecule has 2 fully saturated rings. The van der Waals surface area contributed by atoms with Crippen molar-refractivity contribution >= 4 is 17.5 Å². The van der Waals surface area contributed by atoms with Crippen LogP contribution in [0, 0.1) is 12.8 Å². The van der Waals surface area contributed by atoms with Crippen LogP contribution in [0.5, 0.6) is 0 Å². The first-order chi connectivity index (χ1) is 13.6. The number of anilines is 1. The molecule has 154 valence electrons. The van der Waals surface area contributed by atoms with Crippen molar-refractivity contribution in [2.24, 2.45) is 5.92 Å². The maximum atomic E-state index is 12.9. The molecule has 1 N–H and O–H groups in total. The van der Waals surface area contributed by atoms with Gasteiger partial charge in [-0.2, -0.15) is 0 Å². The SMILES string of the molecule is Cc1ccc(N2CC(C(=O)NC3CCCCCCCCCCC3)CC2=O)cc1. The van der Waals surface area contributed by atoms with Crippen molar-refractivity contribution in [2.75, 3.05) is 11.4 Å². The van der Waals surface area contributed by atoms with Crippen molar-refractivity contribution in [3.8, 4) is 0 Å². The monoisotopic (exact) mass is 384 g/mol. The van der Waals surface area contributed by atoms with Crippen LogP contribution in [-0.2, 0) is 9.59 Å². The minimum atomic E-state index is -0.227. The summed E-state index contributed by atoms with van der Waals surface area (Å²) in [5, 5.41) is 3.30. The van der Waals surface area contributed by atoms with E-state index in [1.54, 1.807) is 4.90 Å². The van der Waals surface area contributed by atoms with Gasteiger partial charge in [-0.15, -0.1) is 0 Å². The zero-order chi connectivity index (χ0) is 19.8. The molecule has 1 saturated heterocycles. The lowest BCUT2D eigenvalue weighted by Crippen LogP contribution is -2.40. The van der Waals surface area contributed by atoms with E-state index in [2.05, 4.69) is 5.32 Å². The summed E-state index contributed by atoms with van der Waals surface area (Å²) in [6, 6.07) is 8.25. The van der Waals surface area contributed by atoms with Crippen molar-refractivity contribution in [3.05, 3.63) is 29.8 Å². The van der Waals surface area contributed by atoms with E-state index in [-0.39, 0.29) is 23.8 Å². The second-order valence-corrected chi connectivity index (χ2v) is 8.71. The minimum absolute atomic E-state index is 0.0581. The average molecular weight is 385 g/mol. The average Bonchev–Trinajstić information content (AvgIpc) is 3.06. The first-order valence-electron chi connectivity index (χ1n) is 11.3. The molecule has 2 aliphatic rings. The Bertz CT molecular complexity index is 629. The molecular formula is C24H36N2O2. The molecule has 2 amide bonds. The lowest BCUT2D eigenvalue weighted by Gasteiger charge is -2.22. The Labute approximate surface area is 170 Å². The molecule has 0 radical (unpaired) electrons. The van der Waals surface area contributed by atoms with Crippen LogP contribution in [0.4, 0.5) is 5.69 Å². The quantitative estimate of drug-likeness (QED) is 0.785. The smallest absolute Gasteiger partial charge is 0.227 e. The fourth-order valence-electron chi connectivity index (χ4n) is 4.48. The van der Waals surface area contributed by atoms with Gasteiger partial charge in [0.05, 0.1) is 5.92 Å². The molecule has 1 aromatic carbocycles. The molecule has 0 bridgehead atoms. The van der Waals surface area contributed by atoms with E-state index in [4.69, 9.17) is 0 Å². The third-order valence-electron chi connectivity index (χ3n) is 6.29. The number of nitrogens with zero attached hydrogens (tertiary/aromatic N) is 1. The van der Waals surface area contributed by atoms with Gasteiger partial charge in [0, 0.05) is 24.7 Å². The Morgan fingerprint density at radius 2 is 1.43 bits per heavy atom. The molecule has 4 heteroatoms. The third-order valence-corrected chi connectivity index (χ3v) is 6.29. The molecule has 28 heavy (non-hydrogen) atoms. The topological polar surface area (TPSA) is 49.4 Å². The van der Waals surface area contributed by atoms with E-state index in [0.717, 1.165) is 18.5 Å². The Morgan fingerprint density at radius 3 is 2.00 bits per heavy atom. The largest absolute Gasteiger partial charge is 0.353 e. The predicted molar refractivity (Wildman–Crippen MR) is 114 cm³/mol. The Balaban J connectivity index is 1.53. The summed E-state index contributed by atoms with van der Waals surface area (Å²) in [6.45, 7) is 2.54. The van der Waals surface area contributed by atoms with Crippen LogP contribution in [0.15, 0.2) is 24.3 Å². The highest BCUT2D eigenvalue weighted by molar-refractivity contribution is 6.00. The van der Waals surface area contributed by atoms with Gasteiger partial charge in [0.2, 0.25) is 11.8 Å². The number of benzene rings is 1. The molecular weight excluding hydrogens is 348 g/mol. The van der Waals surface area contributed by atoms with Gasteiger partial charge in [-0.05, 0) is 31.9 Å². The lowest BCUT2D eigenvalue weighted by molar-refractivity contribution is -0.127. The van der Waals surface area contributed by atoms with E-state index < -0.39 is 0 Å². The summed E-state index contributed by atoms with van der Waals surface area (Å²) in [6.07, 6.45) is 14.2. The van der Waals surface area contributed by atoms with Crippen LogP contribution in [0.1, 0.15) is 82.6 Å². The molecule has 0 spiro atoms. The van der Waals surface area contributed by atoms with E-state index >= 15 is 0 Å². The molecule has 1 saturated carbocycles. The van der Waals surface area contributed by atoms with Crippen LogP contribution < -0.4 is 10.2 Å². The molecule has 1 aliphatic carbocycles. The van der Waals surface area contributed by atoms with Gasteiger partial charge in [0.15, 0.2) is 0 Å². The number of amides is 2. The van der Waals surface area contributed by atoms with Gasteiger partial charge >= 0.3 is 0 Å². The molecule has 1 aromatic rings. The predicted octanol–water partition coefficient (Wildman–Crippen LogP) is 5.14. The van der Waals surface area contributed by atoms with Gasteiger partial charge in [-0.1, -0.05) is 75.5 Å². The first-order valence-corrected chi connectivity index (χ1v) is 11.3. The summed E-state index contributed by atoms with van der Waals surface area (Å²) in [4.78, 5) is 27.1. The van der Waals surface area contributed by atoms with Crippen LogP contribution in [0.3, 0.4) is 0 Å². The van der Waals surface area contributed by atoms with E-state index in [1.807, 2.05) is 31.2 Å². The first kappa shape index (κ1) is 20.9. The fraction of sp³-hybridized carbons (Fsp3) is 0.667. The van der Waals surface area contributed by atoms with Crippen molar-refractivity contribution in [3.63, 3.8) is 0 Å². The second-order valence-electron chi connectivity index (χ2n) is 8.71. The third kappa shape index (κ3) is 6.08. The lowest BCUT2D eigenvalue weighted by atomic mass is 9.97. The van der Waals surface area contributed by atoms with Gasteiger partial charge in [-0.3, -0.25) is 9.59 Å². The second kappa shape index (κ2) is 10.6. The highest BCUT2D eigenvalue weighted by Gasteiger charge is 2.35. The molecule has 3 rings (SSSR count). The van der Waals surface area contributed by atoms with Crippen LogP contribution in [0.25, 0.3) is 0 Å². The Hall–Kier alpha value is -1.84. The zero-order valence-electron chi connectivity index (χ0n) is 17.4. The van der Waals surface area contributed by atoms with Gasteiger partial charge < -0.3 is 10.2 Å². The van der Waals surface area contributed by atoms with Crippen molar-refractivity contribution in [2.45, 2.75) is 90.0 Å². The summed E-state index contributed by atoms with van der Waals surface area (Å²) in [5.74, 6) is -0.0991. The number of rotatable bonds is 3. The molecule has 1 atom stereocenters. The summed E-state index contributed by atoms with van der Waals surface area (Å²) >= 11 is 0. The molecule has 1 unspecified atom stereocenters. The van der Waals surface area contributed by atoms with Crippen LogP contribution >= 0.6 is 0 Å². The van der Waals surface area contributed by atoms with E-state index in [9.17, 15) is 9.59 Å². The number of carbonyl (C=O) groups excluding carboxylic acids is 2. The minimum Gasteiger partial charge on any atom is -0.353 e. The standard InChI is InChI=1S/C24H36N2O2/c1-19-13-15-22(16-14-19)26-18-20(17-23(26)27)24(28)25-21-11-9-7-5-3-2-4-6-8-10-12-21/h13-16,20-21H,2-12,17-18H2,1H3,(H,25,28). The van der Waals surface area contributed by atoms with Crippen LogP contribution in [-0.4, -0.2) is 24.4 Å². The number of aryl methyl sites for hydroxylation is 1. The molecule has 1 heterocycles. The van der Waals surface area contributed by atoms with E-state index in [1.165, 1.54) is 63.4 Å². The molecule has 4 nitrogen and oxygen atoms in total.